The zero-order valence-electron chi connectivity index (χ0n) is 12.8. The van der Waals surface area contributed by atoms with Crippen LogP contribution in [0.3, 0.4) is 0 Å². The van der Waals surface area contributed by atoms with Gasteiger partial charge in [0.1, 0.15) is 0 Å². The monoisotopic (exact) mass is 485 g/mol. The average molecular weight is 486 g/mol. The Morgan fingerprint density at radius 3 is 0.963 bits per heavy atom. The molecule has 0 unspecified atom stereocenters. The minimum atomic E-state index is -4.44. The summed E-state index contributed by atoms with van der Waals surface area (Å²) in [5.41, 5.74) is -2.30. The van der Waals surface area contributed by atoms with Gasteiger partial charge in [0.2, 0.25) is 0 Å². The van der Waals surface area contributed by atoms with E-state index in [-0.39, 0.29) is 33.5 Å². The summed E-state index contributed by atoms with van der Waals surface area (Å²) in [6, 6.07) is 6.24. The van der Waals surface area contributed by atoms with Gasteiger partial charge in [-0.2, -0.15) is 26.3 Å². The number of carbonyl (C=O) groups excluding carboxylic acids is 2. The third-order valence-electron chi connectivity index (χ3n) is 2.90. The molecular formula is C16H8AgF6O4-2. The van der Waals surface area contributed by atoms with Crippen molar-refractivity contribution in [3.63, 3.8) is 0 Å². The number of carboxylic acid groups (broad SMARTS) is 2. The fourth-order valence-electron chi connectivity index (χ4n) is 1.59. The van der Waals surface area contributed by atoms with Crippen LogP contribution in [0.4, 0.5) is 26.3 Å². The topological polar surface area (TPSA) is 80.3 Å². The Balaban J connectivity index is 0.000000483. The van der Waals surface area contributed by atoms with Crippen molar-refractivity contribution in [3.8, 4) is 0 Å². The van der Waals surface area contributed by atoms with Crippen LogP contribution in [0.2, 0.25) is 0 Å². The van der Waals surface area contributed by atoms with E-state index in [0.717, 1.165) is 24.3 Å². The molecule has 2 aromatic carbocycles. The van der Waals surface area contributed by atoms with Crippen LogP contribution in [0, 0.1) is 0 Å². The van der Waals surface area contributed by atoms with Gasteiger partial charge in [-0.15, -0.1) is 0 Å². The van der Waals surface area contributed by atoms with E-state index in [1.807, 2.05) is 0 Å². The molecule has 4 nitrogen and oxygen atoms in total. The first-order valence-electron chi connectivity index (χ1n) is 6.59. The molecule has 0 aromatic heterocycles. The molecule has 0 spiro atoms. The summed E-state index contributed by atoms with van der Waals surface area (Å²) in [5.74, 6) is -2.98. The van der Waals surface area contributed by atoms with Crippen LogP contribution < -0.4 is 10.2 Å². The average Bonchev–Trinajstić information content (AvgIpc) is 2.54. The molecule has 1 radical (unpaired) electrons. The van der Waals surface area contributed by atoms with E-state index in [4.69, 9.17) is 0 Å². The van der Waals surface area contributed by atoms with E-state index in [1.54, 1.807) is 0 Å². The molecule has 0 aliphatic carbocycles. The van der Waals surface area contributed by atoms with Gasteiger partial charge < -0.3 is 19.8 Å². The Morgan fingerprint density at radius 2 is 0.815 bits per heavy atom. The minimum Gasteiger partial charge on any atom is -0.545 e. The normalized spacial score (nSPS) is 10.9. The molecule has 0 N–H and O–H groups in total. The fraction of sp³-hybridized carbons (Fsp3) is 0.125. The van der Waals surface area contributed by atoms with E-state index in [2.05, 4.69) is 0 Å². The van der Waals surface area contributed by atoms with Crippen LogP contribution in [0.25, 0.3) is 0 Å². The second-order valence-electron chi connectivity index (χ2n) is 4.73. The maximum atomic E-state index is 12.0. The number of benzene rings is 2. The Hall–Kier alpha value is -2.30. The maximum Gasteiger partial charge on any atom is 0.416 e. The first-order chi connectivity index (χ1) is 11.8. The number of halogens is 6. The van der Waals surface area contributed by atoms with Crippen molar-refractivity contribution >= 4 is 11.9 Å². The van der Waals surface area contributed by atoms with Crippen LogP contribution in [-0.4, -0.2) is 11.9 Å². The Morgan fingerprint density at radius 1 is 0.593 bits per heavy atom. The van der Waals surface area contributed by atoms with Gasteiger partial charge in [0, 0.05) is 22.4 Å². The second kappa shape index (κ2) is 9.58. The smallest absolute Gasteiger partial charge is 0.416 e. The van der Waals surface area contributed by atoms with Crippen LogP contribution in [-0.2, 0) is 34.7 Å². The summed E-state index contributed by atoms with van der Waals surface area (Å²) in [6.45, 7) is 0. The third-order valence-corrected chi connectivity index (χ3v) is 2.90. The SMILES string of the molecule is O=C([O-])c1ccc(C(F)(F)F)cc1.O=C([O-])c1ccc(C(F)(F)F)cc1.[Ag]. The van der Waals surface area contributed by atoms with Gasteiger partial charge in [0.05, 0.1) is 23.1 Å². The van der Waals surface area contributed by atoms with Crippen molar-refractivity contribution in [2.75, 3.05) is 0 Å². The van der Waals surface area contributed by atoms with E-state index in [9.17, 15) is 46.1 Å². The predicted molar refractivity (Wildman–Crippen MR) is 71.5 cm³/mol. The standard InChI is InChI=1S/2C8H5F3O2.Ag/c2*9-8(10,11)6-3-1-5(2-4-6)7(12)13;/h2*1-4H,(H,12,13);/p-2. The molecule has 0 heterocycles. The van der Waals surface area contributed by atoms with Crippen LogP contribution in [0.5, 0.6) is 0 Å². The van der Waals surface area contributed by atoms with Gasteiger partial charge in [0.15, 0.2) is 0 Å². The van der Waals surface area contributed by atoms with Crippen LogP contribution in [0.15, 0.2) is 48.5 Å². The van der Waals surface area contributed by atoms with Gasteiger partial charge in [0.25, 0.3) is 0 Å². The Bertz CT molecular complexity index is 700. The number of carboxylic acids is 2. The third kappa shape index (κ3) is 7.85. The van der Waals surface area contributed by atoms with Gasteiger partial charge in [-0.3, -0.25) is 0 Å². The fourth-order valence-corrected chi connectivity index (χ4v) is 1.59. The van der Waals surface area contributed by atoms with Gasteiger partial charge in [-0.1, -0.05) is 24.3 Å². The number of hydrogen-bond acceptors (Lipinski definition) is 4. The maximum absolute atomic E-state index is 12.0. The molecular weight excluding hydrogens is 478 g/mol. The summed E-state index contributed by atoms with van der Waals surface area (Å²) < 4.78 is 71.7. The van der Waals surface area contributed by atoms with Gasteiger partial charge in [-0.05, 0) is 35.4 Å². The van der Waals surface area contributed by atoms with Crippen molar-refractivity contribution < 1.29 is 68.5 Å². The molecule has 27 heavy (non-hydrogen) atoms. The molecule has 11 heteroatoms. The van der Waals surface area contributed by atoms with E-state index >= 15 is 0 Å². The number of aromatic carboxylic acids is 2. The first kappa shape index (κ1) is 24.7. The second-order valence-corrected chi connectivity index (χ2v) is 4.73. The summed E-state index contributed by atoms with van der Waals surface area (Å²) in [5, 5.41) is 20.3. The van der Waals surface area contributed by atoms with E-state index < -0.39 is 35.4 Å². The first-order valence-corrected chi connectivity index (χ1v) is 6.59. The summed E-state index contributed by atoms with van der Waals surface area (Å²) in [7, 11) is 0. The molecule has 0 saturated carbocycles. The number of rotatable bonds is 2. The molecule has 2 aromatic rings. The van der Waals surface area contributed by atoms with Crippen molar-refractivity contribution in [2.45, 2.75) is 12.4 Å². The summed E-state index contributed by atoms with van der Waals surface area (Å²) >= 11 is 0. The van der Waals surface area contributed by atoms with Crippen LogP contribution >= 0.6 is 0 Å². The van der Waals surface area contributed by atoms with Crippen molar-refractivity contribution in [3.05, 3.63) is 70.8 Å². The number of alkyl halides is 6. The Labute approximate surface area is 163 Å². The molecule has 0 saturated heterocycles. The van der Waals surface area contributed by atoms with Crippen molar-refractivity contribution in [2.24, 2.45) is 0 Å². The molecule has 0 atom stereocenters. The van der Waals surface area contributed by atoms with Gasteiger partial charge >= 0.3 is 12.4 Å². The Kier molecular flexibility index (Phi) is 8.77. The largest absolute Gasteiger partial charge is 0.545 e. The van der Waals surface area contributed by atoms with Crippen LogP contribution in [0.1, 0.15) is 31.8 Å². The predicted octanol–water partition coefficient (Wildman–Crippen LogP) is 2.14. The quantitative estimate of drug-likeness (QED) is 0.482. The zero-order chi connectivity index (χ0) is 20.1. The van der Waals surface area contributed by atoms with Gasteiger partial charge in [-0.25, -0.2) is 0 Å². The summed E-state index contributed by atoms with van der Waals surface area (Å²) in [6.07, 6.45) is -8.88. The minimum absolute atomic E-state index is 0. The summed E-state index contributed by atoms with van der Waals surface area (Å²) in [4.78, 5) is 20.3. The molecule has 0 bridgehead atoms. The number of carbonyl (C=O) groups is 2. The molecule has 0 aliphatic rings. The molecule has 0 aliphatic heterocycles. The van der Waals surface area contributed by atoms with Crippen molar-refractivity contribution in [1.29, 1.82) is 0 Å². The zero-order valence-corrected chi connectivity index (χ0v) is 14.3. The molecule has 151 valence electrons. The number of hydrogen-bond donors (Lipinski definition) is 0. The van der Waals surface area contributed by atoms with Crippen molar-refractivity contribution in [1.82, 2.24) is 0 Å². The molecule has 0 amide bonds. The molecule has 0 fully saturated rings. The van der Waals surface area contributed by atoms with E-state index in [0.29, 0.717) is 24.3 Å². The molecule has 2 rings (SSSR count). The van der Waals surface area contributed by atoms with E-state index in [1.165, 1.54) is 0 Å².